The summed E-state index contributed by atoms with van der Waals surface area (Å²) in [6, 6.07) is 3.00. The summed E-state index contributed by atoms with van der Waals surface area (Å²) in [6.45, 7) is 5.79. The van der Waals surface area contributed by atoms with E-state index in [0.717, 1.165) is 33.0 Å². The topological polar surface area (TPSA) is 45.5 Å². The van der Waals surface area contributed by atoms with E-state index in [9.17, 15) is 0 Å². The van der Waals surface area contributed by atoms with Crippen molar-refractivity contribution in [3.63, 3.8) is 0 Å². The number of fused-ring (bicyclic) bond motifs is 2. The van der Waals surface area contributed by atoms with Crippen LogP contribution in [0.1, 0.15) is 6.92 Å². The van der Waals surface area contributed by atoms with Crippen LogP contribution in [0.25, 0.3) is 0 Å². The number of morpholine rings is 2. The number of nitrogens with zero attached hydrogens (tertiary/aromatic N) is 2. The molecule has 0 radical (unpaired) electrons. The van der Waals surface area contributed by atoms with Crippen LogP contribution >= 0.6 is 0 Å². The van der Waals surface area contributed by atoms with Gasteiger partial charge in [0.2, 0.25) is 0 Å². The van der Waals surface area contributed by atoms with E-state index < -0.39 is 0 Å². The summed E-state index contributed by atoms with van der Waals surface area (Å²) >= 11 is 0. The molecule has 2 rings (SSSR count). The van der Waals surface area contributed by atoms with Gasteiger partial charge in [0, 0.05) is 6.54 Å². The van der Waals surface area contributed by atoms with Crippen molar-refractivity contribution in [2.45, 2.75) is 19.0 Å². The van der Waals surface area contributed by atoms with E-state index in [-0.39, 0.29) is 5.92 Å². The van der Waals surface area contributed by atoms with Crippen molar-refractivity contribution < 1.29 is 9.47 Å². The van der Waals surface area contributed by atoms with Gasteiger partial charge in [-0.25, -0.2) is 0 Å². The van der Waals surface area contributed by atoms with E-state index in [2.05, 4.69) is 11.0 Å². The molecule has 2 aliphatic rings. The fraction of sp³-hybridized carbons (Fsp3) is 0.900. The van der Waals surface area contributed by atoms with Crippen molar-refractivity contribution in [2.24, 2.45) is 5.92 Å². The van der Waals surface area contributed by atoms with Crippen LogP contribution in [0.4, 0.5) is 0 Å². The van der Waals surface area contributed by atoms with Crippen LogP contribution in [-0.2, 0) is 9.47 Å². The first-order valence-corrected chi connectivity index (χ1v) is 5.12. The Balaban J connectivity index is 1.98. The normalized spacial score (nSPS) is 34.9. The molecule has 0 spiro atoms. The first-order valence-electron chi connectivity index (χ1n) is 5.12. The first-order chi connectivity index (χ1) is 6.81. The maximum absolute atomic E-state index is 8.79. The zero-order valence-corrected chi connectivity index (χ0v) is 8.48. The van der Waals surface area contributed by atoms with Crippen LogP contribution < -0.4 is 0 Å². The molecule has 0 saturated carbocycles. The third-order valence-corrected chi connectivity index (χ3v) is 2.88. The van der Waals surface area contributed by atoms with Gasteiger partial charge in [-0.1, -0.05) is 0 Å². The molecular formula is C10H16N2O2. The predicted molar refractivity (Wildman–Crippen MR) is 50.7 cm³/mol. The Hall–Kier alpha value is -0.630. The van der Waals surface area contributed by atoms with Crippen molar-refractivity contribution in [1.82, 2.24) is 4.90 Å². The van der Waals surface area contributed by atoms with Crippen molar-refractivity contribution in [2.75, 3.05) is 33.0 Å². The van der Waals surface area contributed by atoms with Crippen molar-refractivity contribution in [3.8, 4) is 6.07 Å². The molecule has 14 heavy (non-hydrogen) atoms. The average Bonchev–Trinajstić information content (AvgIpc) is 2.17. The molecule has 2 aliphatic heterocycles. The number of ether oxygens (including phenoxy) is 2. The highest BCUT2D eigenvalue weighted by atomic mass is 16.5. The Bertz CT molecular complexity index is 217. The molecule has 0 aromatic rings. The van der Waals surface area contributed by atoms with Gasteiger partial charge in [-0.05, 0) is 6.92 Å². The monoisotopic (exact) mass is 196 g/mol. The van der Waals surface area contributed by atoms with Crippen molar-refractivity contribution in [3.05, 3.63) is 0 Å². The predicted octanol–water partition coefficient (Wildman–Crippen LogP) is 0.246. The van der Waals surface area contributed by atoms with Gasteiger partial charge in [-0.3, -0.25) is 4.90 Å². The SMILES string of the molecule is CC(C#N)CN1C2COCC1COC2. The molecule has 2 heterocycles. The highest BCUT2D eigenvalue weighted by Crippen LogP contribution is 2.20. The van der Waals surface area contributed by atoms with Crippen molar-refractivity contribution >= 4 is 0 Å². The lowest BCUT2D eigenvalue weighted by Gasteiger charge is -2.45. The minimum Gasteiger partial charge on any atom is -0.378 e. The zero-order chi connectivity index (χ0) is 9.97. The third-order valence-electron chi connectivity index (χ3n) is 2.88. The maximum atomic E-state index is 8.79. The second-order valence-electron chi connectivity index (χ2n) is 4.11. The van der Waals surface area contributed by atoms with Crippen LogP contribution in [0.3, 0.4) is 0 Å². The number of nitriles is 1. The van der Waals surface area contributed by atoms with E-state index in [1.165, 1.54) is 0 Å². The zero-order valence-electron chi connectivity index (χ0n) is 8.48. The van der Waals surface area contributed by atoms with Gasteiger partial charge in [-0.2, -0.15) is 5.26 Å². The smallest absolute Gasteiger partial charge is 0.0666 e. The Kier molecular flexibility index (Phi) is 3.02. The van der Waals surface area contributed by atoms with E-state index in [1.807, 2.05) is 6.92 Å². The summed E-state index contributed by atoms with van der Waals surface area (Å²) < 4.78 is 11.0. The largest absolute Gasteiger partial charge is 0.378 e. The molecule has 1 unspecified atom stereocenters. The lowest BCUT2D eigenvalue weighted by atomic mass is 10.1. The van der Waals surface area contributed by atoms with E-state index in [1.54, 1.807) is 0 Å². The molecule has 78 valence electrons. The number of hydrogen-bond donors (Lipinski definition) is 0. The van der Waals surface area contributed by atoms with E-state index >= 15 is 0 Å². The molecule has 2 bridgehead atoms. The van der Waals surface area contributed by atoms with Gasteiger partial charge < -0.3 is 9.47 Å². The van der Waals surface area contributed by atoms with Crippen molar-refractivity contribution in [1.29, 1.82) is 5.26 Å². The van der Waals surface area contributed by atoms with E-state index in [0.29, 0.717) is 12.1 Å². The van der Waals surface area contributed by atoms with Gasteiger partial charge in [0.25, 0.3) is 0 Å². The molecule has 0 aromatic heterocycles. The van der Waals surface area contributed by atoms with Crippen LogP contribution in [0.2, 0.25) is 0 Å². The van der Waals surface area contributed by atoms with Gasteiger partial charge in [0.05, 0.1) is 50.5 Å². The summed E-state index contributed by atoms with van der Waals surface area (Å²) in [7, 11) is 0. The second kappa shape index (κ2) is 4.26. The van der Waals surface area contributed by atoms with Gasteiger partial charge in [0.15, 0.2) is 0 Å². The Morgan fingerprint density at radius 1 is 1.29 bits per heavy atom. The molecule has 0 aromatic carbocycles. The summed E-state index contributed by atoms with van der Waals surface area (Å²) in [6.07, 6.45) is 0. The average molecular weight is 196 g/mol. The summed E-state index contributed by atoms with van der Waals surface area (Å²) in [4.78, 5) is 2.38. The van der Waals surface area contributed by atoms with E-state index in [4.69, 9.17) is 14.7 Å². The Morgan fingerprint density at radius 3 is 2.21 bits per heavy atom. The first kappa shape index (κ1) is 9.91. The molecule has 2 saturated heterocycles. The summed E-state index contributed by atoms with van der Waals surface area (Å²) in [5.41, 5.74) is 0. The molecule has 1 atom stereocenters. The molecular weight excluding hydrogens is 180 g/mol. The molecule has 0 amide bonds. The lowest BCUT2D eigenvalue weighted by molar-refractivity contribution is -0.139. The van der Waals surface area contributed by atoms with Gasteiger partial charge in [0.1, 0.15) is 0 Å². The fourth-order valence-electron chi connectivity index (χ4n) is 2.11. The lowest BCUT2D eigenvalue weighted by Crippen LogP contribution is -2.60. The quantitative estimate of drug-likeness (QED) is 0.635. The van der Waals surface area contributed by atoms with Gasteiger partial charge >= 0.3 is 0 Å². The van der Waals surface area contributed by atoms with Crippen LogP contribution in [-0.4, -0.2) is 50.0 Å². The number of hydrogen-bond acceptors (Lipinski definition) is 4. The molecule has 4 nitrogen and oxygen atoms in total. The highest BCUT2D eigenvalue weighted by molar-refractivity contribution is 4.91. The number of rotatable bonds is 2. The third kappa shape index (κ3) is 1.90. The van der Waals surface area contributed by atoms with Crippen LogP contribution in [0.5, 0.6) is 0 Å². The summed E-state index contributed by atoms with van der Waals surface area (Å²) in [5, 5.41) is 8.79. The maximum Gasteiger partial charge on any atom is 0.0666 e. The standard InChI is InChI=1S/C10H16N2O2/c1-8(2-11)3-12-9-4-13-6-10(12)7-14-5-9/h8-10H,3-7H2,1H3. The molecule has 0 aliphatic carbocycles. The molecule has 2 fully saturated rings. The summed E-state index contributed by atoms with van der Waals surface area (Å²) in [5.74, 6) is 0.0937. The van der Waals surface area contributed by atoms with Crippen LogP contribution in [0, 0.1) is 17.2 Å². The molecule has 4 heteroatoms. The minimum atomic E-state index is 0.0937. The fourth-order valence-corrected chi connectivity index (χ4v) is 2.11. The highest BCUT2D eigenvalue weighted by Gasteiger charge is 2.35. The Labute approximate surface area is 84.4 Å². The molecule has 0 N–H and O–H groups in total. The van der Waals surface area contributed by atoms with Crippen LogP contribution in [0.15, 0.2) is 0 Å². The second-order valence-corrected chi connectivity index (χ2v) is 4.11. The minimum absolute atomic E-state index is 0.0937. The van der Waals surface area contributed by atoms with Gasteiger partial charge in [-0.15, -0.1) is 0 Å². The Morgan fingerprint density at radius 2 is 1.79 bits per heavy atom.